The highest BCUT2D eigenvalue weighted by atomic mass is 32.2. The third-order valence-corrected chi connectivity index (χ3v) is 15.4. The van der Waals surface area contributed by atoms with Crippen LogP contribution in [0.25, 0.3) is 54.9 Å². The quantitative estimate of drug-likeness (QED) is 0.0624. The number of ketones is 1. The van der Waals surface area contributed by atoms with Crippen molar-refractivity contribution in [2.75, 3.05) is 34.9 Å². The second kappa shape index (κ2) is 15.5. The van der Waals surface area contributed by atoms with Gasteiger partial charge < -0.3 is 30.5 Å². The normalized spacial score (nSPS) is 19.4. The zero-order valence-electron chi connectivity index (χ0n) is 38.1. The second-order valence-corrected chi connectivity index (χ2v) is 20.3. The molecule has 2 unspecified atom stereocenters. The first kappa shape index (κ1) is 42.2. The van der Waals surface area contributed by atoms with Crippen LogP contribution in [0.2, 0.25) is 0 Å². The number of ether oxygens (including phenoxy) is 2. The van der Waals surface area contributed by atoms with Crippen LogP contribution in [0, 0.1) is 0 Å². The largest absolute Gasteiger partial charge is 0.506 e. The van der Waals surface area contributed by atoms with E-state index >= 15 is 4.79 Å². The SMILES string of the molecule is CCCCOc1ccc2c(c1)C1(N=c3c(=C4C(=O)C(c5ccc6cccc7c6c5NC5(N7)c6ccccc6-c6ccc(OCCCCS(=O)(=O)O)cc65)=C4O)ccc4cccc(c34)N1)c1ccccc1-2. The van der Waals surface area contributed by atoms with Crippen molar-refractivity contribution in [3.63, 3.8) is 0 Å². The standard InChI is InChI=1S/C58H46N4O7S/c1-2-3-28-68-35-22-26-39-37-14-4-6-16-43(37)57(45(39)31-35)59-47-18-10-12-33-20-24-41(53(61-57)49(33)47)51-55(63)52(56(51)64)42-25-21-34-13-11-19-48-50(34)54(42)62-58(60-48)44-17-7-5-15-38(44)40-27-23-36(32-46(40)58)69-29-8-9-30-70(65,66)67/h4-7,10-27,31-32,59-60,62-63H,2-3,8-9,28-30H2,1H3,(H,65,66,67). The number of aliphatic hydroxyl groups is 1. The number of carbonyl (C=O) groups excluding carboxylic acids is 1. The van der Waals surface area contributed by atoms with Gasteiger partial charge in [-0.15, -0.1) is 0 Å². The van der Waals surface area contributed by atoms with E-state index in [2.05, 4.69) is 65.3 Å². The Labute approximate surface area is 403 Å². The van der Waals surface area contributed by atoms with Crippen molar-refractivity contribution in [3.05, 3.63) is 190 Å². The molecule has 0 fully saturated rings. The summed E-state index contributed by atoms with van der Waals surface area (Å²) in [4.78, 5) is 20.9. The summed E-state index contributed by atoms with van der Waals surface area (Å²) in [6.07, 6.45) is 2.67. The van der Waals surface area contributed by atoms with Crippen LogP contribution in [0.15, 0.2) is 156 Å². The summed E-state index contributed by atoms with van der Waals surface area (Å²) in [5.74, 6) is 0.653. The molecule has 0 saturated heterocycles. The fraction of sp³-hybridized carbons (Fsp3) is 0.172. The van der Waals surface area contributed by atoms with Crippen molar-refractivity contribution in [1.82, 2.24) is 0 Å². The zero-order chi connectivity index (χ0) is 47.5. The lowest BCUT2D eigenvalue weighted by molar-refractivity contribution is -0.109. The van der Waals surface area contributed by atoms with E-state index in [1.807, 2.05) is 103 Å². The molecule has 12 heteroatoms. The van der Waals surface area contributed by atoms with E-state index in [1.165, 1.54) is 0 Å². The van der Waals surface area contributed by atoms with Crippen molar-refractivity contribution < 1.29 is 32.3 Å². The van der Waals surface area contributed by atoms with E-state index < -0.39 is 21.4 Å². The van der Waals surface area contributed by atoms with Gasteiger partial charge in [-0.25, -0.2) is 4.99 Å². The van der Waals surface area contributed by atoms with Crippen molar-refractivity contribution in [3.8, 4) is 33.8 Å². The molecule has 0 amide bonds. The predicted octanol–water partition coefficient (Wildman–Crippen LogP) is 10.6. The highest BCUT2D eigenvalue weighted by Gasteiger charge is 2.49. The molecule has 13 rings (SSSR count). The average molecular weight is 943 g/mol. The first-order valence-corrected chi connectivity index (χ1v) is 25.4. The van der Waals surface area contributed by atoms with Crippen molar-refractivity contribution in [2.24, 2.45) is 4.99 Å². The molecule has 8 aromatic carbocycles. The van der Waals surface area contributed by atoms with E-state index in [0.717, 1.165) is 96.0 Å². The number of hydrogen-bond donors (Lipinski definition) is 5. The molecule has 346 valence electrons. The summed E-state index contributed by atoms with van der Waals surface area (Å²) in [6.45, 7) is 3.01. The average Bonchev–Trinajstić information content (AvgIpc) is 3.77. The van der Waals surface area contributed by atoms with Crippen LogP contribution < -0.4 is 36.0 Å². The Balaban J connectivity index is 0.966. The summed E-state index contributed by atoms with van der Waals surface area (Å²) in [6, 6.07) is 48.6. The van der Waals surface area contributed by atoms with Gasteiger partial charge in [0.15, 0.2) is 11.3 Å². The molecule has 70 heavy (non-hydrogen) atoms. The number of aliphatic hydroxyl groups excluding tert-OH is 1. The minimum atomic E-state index is -4.06. The minimum absolute atomic E-state index is 0.0981. The second-order valence-electron chi connectivity index (χ2n) is 18.7. The molecular formula is C58H46N4O7S. The van der Waals surface area contributed by atoms with Gasteiger partial charge in [-0.2, -0.15) is 8.42 Å². The lowest BCUT2D eigenvalue weighted by Gasteiger charge is -2.41. The molecule has 5 N–H and O–H groups in total. The topological polar surface area (TPSA) is 159 Å². The Morgan fingerprint density at radius 3 is 1.93 bits per heavy atom. The lowest BCUT2D eigenvalue weighted by atomic mass is 9.79. The highest BCUT2D eigenvalue weighted by Crippen LogP contribution is 2.56. The molecule has 8 aromatic rings. The monoisotopic (exact) mass is 942 g/mol. The van der Waals surface area contributed by atoms with Crippen LogP contribution in [0.5, 0.6) is 11.5 Å². The Kier molecular flexibility index (Phi) is 9.37. The summed E-state index contributed by atoms with van der Waals surface area (Å²) in [7, 11) is -4.06. The van der Waals surface area contributed by atoms with E-state index in [1.54, 1.807) is 0 Å². The number of fused-ring (bicyclic) bond motifs is 10. The maximum absolute atomic E-state index is 15.2. The van der Waals surface area contributed by atoms with Gasteiger partial charge >= 0.3 is 0 Å². The third-order valence-electron chi connectivity index (χ3n) is 14.6. The Morgan fingerprint density at radius 2 is 1.20 bits per heavy atom. The molecule has 0 saturated carbocycles. The van der Waals surface area contributed by atoms with E-state index in [4.69, 9.17) is 14.5 Å². The number of hydrogen-bond acceptors (Lipinski definition) is 10. The van der Waals surface area contributed by atoms with Crippen molar-refractivity contribution in [2.45, 2.75) is 43.9 Å². The predicted molar refractivity (Wildman–Crippen MR) is 274 cm³/mol. The lowest BCUT2D eigenvalue weighted by Crippen LogP contribution is -2.45. The first-order valence-electron chi connectivity index (χ1n) is 23.8. The molecule has 2 atom stereocenters. The fourth-order valence-corrected chi connectivity index (χ4v) is 12.0. The smallest absolute Gasteiger partial charge is 0.264 e. The molecule has 2 heterocycles. The van der Waals surface area contributed by atoms with Gasteiger partial charge in [0.1, 0.15) is 17.3 Å². The van der Waals surface area contributed by atoms with Crippen molar-refractivity contribution >= 4 is 65.7 Å². The molecule has 0 radical (unpaired) electrons. The molecule has 0 aromatic heterocycles. The van der Waals surface area contributed by atoms with E-state index in [0.29, 0.717) is 40.6 Å². The van der Waals surface area contributed by atoms with Crippen LogP contribution in [0.4, 0.5) is 17.1 Å². The summed E-state index contributed by atoms with van der Waals surface area (Å²) in [5.41, 5.74) is 9.31. The number of nitrogens with zero attached hydrogens (tertiary/aromatic N) is 1. The molecule has 0 bridgehead atoms. The maximum Gasteiger partial charge on any atom is 0.264 e. The fourth-order valence-electron chi connectivity index (χ4n) is 11.4. The van der Waals surface area contributed by atoms with E-state index in [9.17, 15) is 18.1 Å². The van der Waals surface area contributed by atoms with Crippen LogP contribution in [0.1, 0.15) is 60.4 Å². The van der Waals surface area contributed by atoms with E-state index in [-0.39, 0.29) is 41.5 Å². The van der Waals surface area contributed by atoms with Gasteiger partial charge in [0.25, 0.3) is 10.1 Å². The summed E-state index contributed by atoms with van der Waals surface area (Å²) < 4.78 is 44.3. The van der Waals surface area contributed by atoms with Gasteiger partial charge in [0.2, 0.25) is 5.78 Å². The number of anilines is 3. The minimum Gasteiger partial charge on any atom is -0.506 e. The summed E-state index contributed by atoms with van der Waals surface area (Å²) >= 11 is 0. The van der Waals surface area contributed by atoms with Gasteiger partial charge in [-0.3, -0.25) is 9.35 Å². The molecule has 11 nitrogen and oxygen atoms in total. The number of nitrogens with one attached hydrogen (secondary N) is 3. The Bertz CT molecular complexity index is 3910. The number of benzene rings is 8. The highest BCUT2D eigenvalue weighted by molar-refractivity contribution is 7.85. The number of allylic oxidation sites excluding steroid dienone is 2. The molecule has 2 spiro atoms. The first-order chi connectivity index (χ1) is 34.1. The van der Waals surface area contributed by atoms with Gasteiger partial charge in [-0.1, -0.05) is 123 Å². The maximum atomic E-state index is 15.2. The molecule has 2 aliphatic heterocycles. The van der Waals surface area contributed by atoms with Crippen LogP contribution in [-0.4, -0.2) is 42.8 Å². The summed E-state index contributed by atoms with van der Waals surface area (Å²) in [5, 5.41) is 29.0. The zero-order valence-corrected chi connectivity index (χ0v) is 38.9. The van der Waals surface area contributed by atoms with Gasteiger partial charge in [0, 0.05) is 55.2 Å². The van der Waals surface area contributed by atoms with Crippen LogP contribution in [-0.2, 0) is 26.2 Å². The molecule has 5 aliphatic rings. The van der Waals surface area contributed by atoms with Crippen LogP contribution >= 0.6 is 0 Å². The Hall–Kier alpha value is -7.93. The number of Topliss-reactive ketones (excluding diaryl/α,β-unsaturated/α-hetero) is 1. The van der Waals surface area contributed by atoms with Crippen molar-refractivity contribution in [1.29, 1.82) is 0 Å². The third kappa shape index (κ3) is 6.19. The van der Waals surface area contributed by atoms with Gasteiger partial charge in [-0.05, 0) is 88.7 Å². The molecule has 3 aliphatic carbocycles. The molecular weight excluding hydrogens is 897 g/mol. The van der Waals surface area contributed by atoms with Crippen LogP contribution in [0.3, 0.4) is 0 Å². The number of rotatable bonds is 11. The number of unbranched alkanes of at least 4 members (excludes halogenated alkanes) is 2. The number of carbonyl (C=O) groups is 1. The Morgan fingerprint density at radius 1 is 0.586 bits per heavy atom. The van der Waals surface area contributed by atoms with Gasteiger partial charge in [0.05, 0.1) is 41.2 Å².